The number of carbonyl (C=O) groups is 2. The van der Waals surface area contributed by atoms with Crippen LogP contribution in [0.2, 0.25) is 0 Å². The molecule has 2 amide bonds. The van der Waals surface area contributed by atoms with Gasteiger partial charge in [-0.2, -0.15) is 0 Å². The summed E-state index contributed by atoms with van der Waals surface area (Å²) in [5, 5.41) is 3.25. The lowest BCUT2D eigenvalue weighted by Gasteiger charge is -2.31. The number of hydrogen-bond donors (Lipinski definition) is 0. The van der Waals surface area contributed by atoms with Gasteiger partial charge in [-0.15, -0.1) is 0 Å². The molecule has 24 heavy (non-hydrogen) atoms. The van der Waals surface area contributed by atoms with Gasteiger partial charge >= 0.3 is 0 Å². The molecule has 0 radical (unpaired) electrons. The Bertz CT molecular complexity index is 670. The third kappa shape index (κ3) is 2.90. The zero-order valence-electron chi connectivity index (χ0n) is 14.5. The van der Waals surface area contributed by atoms with E-state index in [1.54, 1.807) is 23.2 Å². The molecule has 1 saturated carbocycles. The van der Waals surface area contributed by atoms with Gasteiger partial charge in [-0.05, 0) is 50.8 Å². The second kappa shape index (κ2) is 6.30. The molecule has 1 aromatic rings. The van der Waals surface area contributed by atoms with Gasteiger partial charge in [-0.1, -0.05) is 17.7 Å². The summed E-state index contributed by atoms with van der Waals surface area (Å²) in [6.07, 6.45) is 4.09. The highest BCUT2D eigenvalue weighted by atomic mass is 16.5. The van der Waals surface area contributed by atoms with Gasteiger partial charge in [0, 0.05) is 19.2 Å². The van der Waals surface area contributed by atoms with Crippen molar-refractivity contribution in [3.05, 3.63) is 41.5 Å². The van der Waals surface area contributed by atoms with Gasteiger partial charge in [0.2, 0.25) is 0 Å². The first-order chi connectivity index (χ1) is 11.5. The fourth-order valence-corrected chi connectivity index (χ4v) is 3.28. The topological polar surface area (TPSA) is 49.9 Å². The average Bonchev–Trinajstić information content (AvgIpc) is 3.23. The van der Waals surface area contributed by atoms with E-state index in [9.17, 15) is 9.59 Å². The van der Waals surface area contributed by atoms with Crippen LogP contribution < -0.4 is 4.74 Å². The molecule has 0 aromatic heterocycles. The molecule has 1 aliphatic heterocycles. The Labute approximate surface area is 142 Å². The second-order valence-corrected chi connectivity index (χ2v) is 6.78. The van der Waals surface area contributed by atoms with E-state index in [1.165, 1.54) is 0 Å². The van der Waals surface area contributed by atoms with Gasteiger partial charge in [0.05, 0.1) is 12.5 Å². The summed E-state index contributed by atoms with van der Waals surface area (Å²) in [7, 11) is 1.63. The third-order valence-corrected chi connectivity index (χ3v) is 4.73. The maximum atomic E-state index is 13.2. The van der Waals surface area contributed by atoms with Crippen molar-refractivity contribution in [1.82, 2.24) is 10.0 Å². The van der Waals surface area contributed by atoms with Crippen molar-refractivity contribution in [3.8, 4) is 5.75 Å². The molecule has 0 spiro atoms. The number of rotatable bonds is 4. The summed E-state index contributed by atoms with van der Waals surface area (Å²) in [6, 6.07) is 7.70. The van der Waals surface area contributed by atoms with Crippen molar-refractivity contribution in [1.29, 1.82) is 0 Å². The maximum absolute atomic E-state index is 13.2. The van der Waals surface area contributed by atoms with Crippen LogP contribution >= 0.6 is 0 Å². The molecule has 1 saturated heterocycles. The van der Waals surface area contributed by atoms with E-state index in [1.807, 2.05) is 38.1 Å². The van der Waals surface area contributed by atoms with Crippen LogP contribution in [-0.2, 0) is 15.0 Å². The molecule has 1 heterocycles. The minimum atomic E-state index is -0.472. The lowest BCUT2D eigenvalue weighted by Crippen LogP contribution is -2.48. The Morgan fingerprint density at radius 1 is 1.08 bits per heavy atom. The molecule has 0 N–H and O–H groups in total. The summed E-state index contributed by atoms with van der Waals surface area (Å²) < 4.78 is 5.19. The fourth-order valence-electron chi connectivity index (χ4n) is 3.28. The minimum absolute atomic E-state index is 0.0423. The number of ether oxygens (including phenoxy) is 1. The van der Waals surface area contributed by atoms with Crippen molar-refractivity contribution in [2.75, 3.05) is 20.2 Å². The first-order valence-corrected chi connectivity index (χ1v) is 8.41. The quantitative estimate of drug-likeness (QED) is 0.799. The minimum Gasteiger partial charge on any atom is -0.497 e. The van der Waals surface area contributed by atoms with E-state index >= 15 is 0 Å². The normalized spacial score (nSPS) is 18.3. The maximum Gasteiger partial charge on any atom is 0.265 e. The Morgan fingerprint density at radius 3 is 2.25 bits per heavy atom. The Kier molecular flexibility index (Phi) is 4.35. The number of carbonyl (C=O) groups excluding carboxylic acids is 2. The molecule has 3 rings (SSSR count). The van der Waals surface area contributed by atoms with Crippen LogP contribution in [-0.4, -0.2) is 42.0 Å². The molecule has 1 aromatic carbocycles. The van der Waals surface area contributed by atoms with Gasteiger partial charge in [0.1, 0.15) is 5.75 Å². The van der Waals surface area contributed by atoms with Crippen LogP contribution in [0.4, 0.5) is 0 Å². The predicted molar refractivity (Wildman–Crippen MR) is 91.4 cm³/mol. The Hall–Kier alpha value is -2.30. The summed E-state index contributed by atoms with van der Waals surface area (Å²) >= 11 is 0. The van der Waals surface area contributed by atoms with Crippen LogP contribution in [0.15, 0.2) is 35.9 Å². The molecule has 0 bridgehead atoms. The van der Waals surface area contributed by atoms with Gasteiger partial charge in [0.15, 0.2) is 0 Å². The molecule has 2 fully saturated rings. The monoisotopic (exact) mass is 328 g/mol. The summed E-state index contributed by atoms with van der Waals surface area (Å²) in [5.41, 5.74) is 1.48. The van der Waals surface area contributed by atoms with Crippen LogP contribution in [0.25, 0.3) is 0 Å². The van der Waals surface area contributed by atoms with E-state index in [4.69, 9.17) is 4.74 Å². The predicted octanol–water partition coefficient (Wildman–Crippen LogP) is 2.67. The van der Waals surface area contributed by atoms with Crippen molar-refractivity contribution >= 4 is 11.8 Å². The van der Waals surface area contributed by atoms with E-state index in [0.29, 0.717) is 13.1 Å². The van der Waals surface area contributed by atoms with E-state index in [2.05, 4.69) is 0 Å². The van der Waals surface area contributed by atoms with Gasteiger partial charge in [-0.25, -0.2) is 5.01 Å². The van der Waals surface area contributed by atoms with Gasteiger partial charge < -0.3 is 4.74 Å². The van der Waals surface area contributed by atoms with Gasteiger partial charge in [-0.3, -0.25) is 14.6 Å². The van der Waals surface area contributed by atoms with Crippen molar-refractivity contribution in [3.63, 3.8) is 0 Å². The molecule has 128 valence electrons. The lowest BCUT2D eigenvalue weighted by atomic mass is 9.94. The molecule has 0 atom stereocenters. The van der Waals surface area contributed by atoms with Crippen LogP contribution in [0.3, 0.4) is 0 Å². The molecule has 1 aliphatic carbocycles. The SMILES string of the molecule is COc1ccc(C2(C(=O)N3CCCN3C(=O)C=C(C)C)CC2)cc1. The Balaban J connectivity index is 1.82. The second-order valence-electron chi connectivity index (χ2n) is 6.78. The fraction of sp³-hybridized carbons (Fsp3) is 0.474. The summed E-state index contributed by atoms with van der Waals surface area (Å²) in [5.74, 6) is 0.718. The first kappa shape index (κ1) is 16.6. The van der Waals surface area contributed by atoms with E-state index in [0.717, 1.165) is 36.1 Å². The number of allylic oxidation sites excluding steroid dienone is 1. The molecular weight excluding hydrogens is 304 g/mol. The molecule has 2 aliphatic rings. The Morgan fingerprint density at radius 2 is 1.71 bits per heavy atom. The first-order valence-electron chi connectivity index (χ1n) is 8.41. The zero-order chi connectivity index (χ0) is 17.3. The number of hydrogen-bond acceptors (Lipinski definition) is 3. The van der Waals surface area contributed by atoms with E-state index in [-0.39, 0.29) is 11.8 Å². The number of hydrazine groups is 1. The van der Waals surface area contributed by atoms with Crippen molar-refractivity contribution in [2.45, 2.75) is 38.5 Å². The number of methoxy groups -OCH3 is 1. The third-order valence-electron chi connectivity index (χ3n) is 4.73. The number of amides is 2. The standard InChI is InChI=1S/C19H24N2O3/c1-14(2)13-17(22)20-11-4-12-21(20)18(23)19(9-10-19)15-5-7-16(24-3)8-6-15/h5-8,13H,4,9-12H2,1-3H3. The lowest BCUT2D eigenvalue weighted by molar-refractivity contribution is -0.156. The average molecular weight is 328 g/mol. The molecule has 5 nitrogen and oxygen atoms in total. The smallest absolute Gasteiger partial charge is 0.265 e. The summed E-state index contributed by atoms with van der Waals surface area (Å²) in [4.78, 5) is 25.5. The highest BCUT2D eigenvalue weighted by molar-refractivity contribution is 5.95. The molecule has 0 unspecified atom stereocenters. The van der Waals surface area contributed by atoms with Crippen molar-refractivity contribution < 1.29 is 14.3 Å². The van der Waals surface area contributed by atoms with Gasteiger partial charge in [0.25, 0.3) is 11.8 Å². The highest BCUT2D eigenvalue weighted by Crippen LogP contribution is 2.50. The van der Waals surface area contributed by atoms with E-state index < -0.39 is 5.41 Å². The van der Waals surface area contributed by atoms with Crippen LogP contribution in [0.1, 0.15) is 38.7 Å². The number of benzene rings is 1. The van der Waals surface area contributed by atoms with Crippen LogP contribution in [0.5, 0.6) is 5.75 Å². The molecule has 5 heteroatoms. The largest absolute Gasteiger partial charge is 0.497 e. The zero-order valence-corrected chi connectivity index (χ0v) is 14.5. The summed E-state index contributed by atoms with van der Waals surface area (Å²) in [6.45, 7) is 4.99. The van der Waals surface area contributed by atoms with Crippen molar-refractivity contribution in [2.24, 2.45) is 0 Å². The molecular formula is C19H24N2O3. The highest BCUT2D eigenvalue weighted by Gasteiger charge is 2.54. The number of nitrogens with zero attached hydrogens (tertiary/aromatic N) is 2. The van der Waals surface area contributed by atoms with Crippen LogP contribution in [0, 0.1) is 0 Å².